The SMILES string of the molecule is COc1cc2c(C=O)c3cc(OC)c(OC)cc3c(-c3ccccc3Br)c2cc1OC. The van der Waals surface area contributed by atoms with Crippen LogP contribution >= 0.6 is 15.9 Å². The van der Waals surface area contributed by atoms with Crippen LogP contribution in [0.5, 0.6) is 23.0 Å². The van der Waals surface area contributed by atoms with E-state index in [4.69, 9.17) is 18.9 Å². The monoisotopic (exact) mass is 480 g/mol. The zero-order valence-electron chi connectivity index (χ0n) is 17.6. The molecule has 0 atom stereocenters. The van der Waals surface area contributed by atoms with Gasteiger partial charge in [-0.1, -0.05) is 34.1 Å². The van der Waals surface area contributed by atoms with Crippen molar-refractivity contribution in [2.24, 2.45) is 0 Å². The Morgan fingerprint density at radius 2 is 1.10 bits per heavy atom. The summed E-state index contributed by atoms with van der Waals surface area (Å²) < 4.78 is 23.1. The van der Waals surface area contributed by atoms with Crippen LogP contribution in [-0.4, -0.2) is 34.7 Å². The van der Waals surface area contributed by atoms with Gasteiger partial charge in [-0.3, -0.25) is 4.79 Å². The van der Waals surface area contributed by atoms with Crippen LogP contribution in [0, 0.1) is 0 Å². The summed E-state index contributed by atoms with van der Waals surface area (Å²) in [5, 5.41) is 3.26. The van der Waals surface area contributed by atoms with E-state index in [0.717, 1.165) is 43.4 Å². The van der Waals surface area contributed by atoms with Crippen molar-refractivity contribution in [1.29, 1.82) is 0 Å². The molecule has 0 unspecified atom stereocenters. The van der Waals surface area contributed by atoms with Crippen molar-refractivity contribution in [2.45, 2.75) is 0 Å². The molecule has 0 aromatic heterocycles. The van der Waals surface area contributed by atoms with E-state index in [-0.39, 0.29) is 0 Å². The van der Waals surface area contributed by atoms with Crippen molar-refractivity contribution in [3.05, 3.63) is 58.6 Å². The van der Waals surface area contributed by atoms with Gasteiger partial charge in [-0.15, -0.1) is 0 Å². The molecule has 0 heterocycles. The number of halogens is 1. The Morgan fingerprint density at radius 1 is 0.677 bits per heavy atom. The van der Waals surface area contributed by atoms with Gasteiger partial charge >= 0.3 is 0 Å². The molecule has 0 aliphatic heterocycles. The number of carbonyl (C=O) groups is 1. The topological polar surface area (TPSA) is 54.0 Å². The van der Waals surface area contributed by atoms with Gasteiger partial charge in [-0.05, 0) is 63.0 Å². The van der Waals surface area contributed by atoms with E-state index in [1.54, 1.807) is 28.4 Å². The fraction of sp³-hybridized carbons (Fsp3) is 0.160. The third-order valence-corrected chi connectivity index (χ3v) is 6.12. The van der Waals surface area contributed by atoms with Crippen LogP contribution in [-0.2, 0) is 0 Å². The number of methoxy groups -OCH3 is 4. The molecule has 0 fully saturated rings. The number of ether oxygens (including phenoxy) is 4. The van der Waals surface area contributed by atoms with Gasteiger partial charge < -0.3 is 18.9 Å². The zero-order chi connectivity index (χ0) is 22.1. The number of hydrogen-bond acceptors (Lipinski definition) is 5. The molecule has 4 aromatic rings. The molecule has 0 amide bonds. The van der Waals surface area contributed by atoms with E-state index in [2.05, 4.69) is 15.9 Å². The van der Waals surface area contributed by atoms with Crippen LogP contribution in [0.15, 0.2) is 53.0 Å². The molecule has 5 nitrogen and oxygen atoms in total. The predicted molar refractivity (Wildman–Crippen MR) is 126 cm³/mol. The minimum Gasteiger partial charge on any atom is -0.493 e. The summed E-state index contributed by atoms with van der Waals surface area (Å²) >= 11 is 3.69. The molecule has 0 spiro atoms. The molecule has 6 heteroatoms. The van der Waals surface area contributed by atoms with Crippen LogP contribution in [0.25, 0.3) is 32.7 Å². The van der Waals surface area contributed by atoms with Crippen LogP contribution in [0.1, 0.15) is 10.4 Å². The third-order valence-electron chi connectivity index (χ3n) is 5.43. The van der Waals surface area contributed by atoms with Crippen molar-refractivity contribution in [3.8, 4) is 34.1 Å². The second-order valence-electron chi connectivity index (χ2n) is 6.89. The molecule has 158 valence electrons. The summed E-state index contributed by atoms with van der Waals surface area (Å²) in [4.78, 5) is 12.3. The molecule has 0 aliphatic rings. The fourth-order valence-corrected chi connectivity index (χ4v) is 4.47. The maximum absolute atomic E-state index is 12.3. The molecule has 0 radical (unpaired) electrons. The number of aldehydes is 1. The molecule has 0 N–H and O–H groups in total. The van der Waals surface area contributed by atoms with Gasteiger partial charge in [0, 0.05) is 10.0 Å². The third kappa shape index (κ3) is 3.37. The van der Waals surface area contributed by atoms with E-state index in [0.29, 0.717) is 28.6 Å². The van der Waals surface area contributed by atoms with Crippen molar-refractivity contribution >= 4 is 43.8 Å². The quantitative estimate of drug-likeness (QED) is 0.240. The highest BCUT2D eigenvalue weighted by molar-refractivity contribution is 9.10. The number of benzene rings is 4. The summed E-state index contributed by atoms with van der Waals surface area (Å²) in [6.45, 7) is 0. The lowest BCUT2D eigenvalue weighted by molar-refractivity contribution is 0.112. The molecular formula is C25H21BrO5. The van der Waals surface area contributed by atoms with Crippen molar-refractivity contribution in [1.82, 2.24) is 0 Å². The first-order valence-corrected chi connectivity index (χ1v) is 10.3. The van der Waals surface area contributed by atoms with Crippen LogP contribution in [0.2, 0.25) is 0 Å². The summed E-state index contributed by atoms with van der Waals surface area (Å²) in [5.41, 5.74) is 2.47. The second kappa shape index (κ2) is 8.47. The van der Waals surface area contributed by atoms with Gasteiger partial charge in [0.15, 0.2) is 29.3 Å². The van der Waals surface area contributed by atoms with E-state index < -0.39 is 0 Å². The second-order valence-corrected chi connectivity index (χ2v) is 7.75. The highest BCUT2D eigenvalue weighted by atomic mass is 79.9. The normalized spacial score (nSPS) is 10.9. The first-order chi connectivity index (χ1) is 15.1. The van der Waals surface area contributed by atoms with Gasteiger partial charge in [0.1, 0.15) is 0 Å². The minimum absolute atomic E-state index is 0.544. The van der Waals surface area contributed by atoms with Crippen molar-refractivity contribution in [3.63, 3.8) is 0 Å². The Balaban J connectivity index is 2.32. The number of carbonyl (C=O) groups excluding carboxylic acids is 1. The lowest BCUT2D eigenvalue weighted by Crippen LogP contribution is -1.98. The van der Waals surface area contributed by atoms with Gasteiger partial charge in [0.25, 0.3) is 0 Å². The molecule has 31 heavy (non-hydrogen) atoms. The number of rotatable bonds is 6. The Kier molecular flexibility index (Phi) is 5.74. The van der Waals surface area contributed by atoms with Crippen LogP contribution in [0.3, 0.4) is 0 Å². The maximum Gasteiger partial charge on any atom is 0.161 e. The smallest absolute Gasteiger partial charge is 0.161 e. The summed E-state index contributed by atoms with van der Waals surface area (Å²) in [6, 6.07) is 15.5. The van der Waals surface area contributed by atoms with E-state index in [9.17, 15) is 4.79 Å². The molecular weight excluding hydrogens is 460 g/mol. The maximum atomic E-state index is 12.3. The molecule has 0 bridgehead atoms. The van der Waals surface area contributed by atoms with Gasteiger partial charge in [0.2, 0.25) is 0 Å². The highest BCUT2D eigenvalue weighted by Gasteiger charge is 2.21. The van der Waals surface area contributed by atoms with Gasteiger partial charge in [-0.2, -0.15) is 0 Å². The molecule has 0 saturated carbocycles. The number of fused-ring (bicyclic) bond motifs is 2. The van der Waals surface area contributed by atoms with E-state index in [1.807, 2.05) is 48.5 Å². The lowest BCUT2D eigenvalue weighted by atomic mass is 9.88. The standard InChI is InChI=1S/C25H21BrO5/c1-28-21-9-15-17(11-23(21)30-3)25(14-7-5-6-8-20(14)26)18-12-24(31-4)22(29-2)10-16(18)19(15)13-27/h5-13H,1-4H3. The van der Waals surface area contributed by atoms with Crippen LogP contribution < -0.4 is 18.9 Å². The summed E-state index contributed by atoms with van der Waals surface area (Å²) in [7, 11) is 6.34. The van der Waals surface area contributed by atoms with E-state index >= 15 is 0 Å². The average molecular weight is 481 g/mol. The summed E-state index contributed by atoms with van der Waals surface area (Å²) in [6.07, 6.45) is 0.867. The Labute approximate surface area is 188 Å². The van der Waals surface area contributed by atoms with Gasteiger partial charge in [-0.25, -0.2) is 0 Å². The highest BCUT2D eigenvalue weighted by Crippen LogP contribution is 2.47. The average Bonchev–Trinajstić information content (AvgIpc) is 2.81. The Morgan fingerprint density at radius 3 is 1.48 bits per heavy atom. The van der Waals surface area contributed by atoms with Crippen molar-refractivity contribution < 1.29 is 23.7 Å². The van der Waals surface area contributed by atoms with Crippen molar-refractivity contribution in [2.75, 3.05) is 28.4 Å². The van der Waals surface area contributed by atoms with Crippen LogP contribution in [0.4, 0.5) is 0 Å². The molecule has 0 aliphatic carbocycles. The fourth-order valence-electron chi connectivity index (χ4n) is 3.99. The largest absolute Gasteiger partial charge is 0.493 e. The Bertz CT molecular complexity index is 1240. The number of hydrogen-bond donors (Lipinski definition) is 0. The minimum atomic E-state index is 0.544. The summed E-state index contributed by atoms with van der Waals surface area (Å²) in [5.74, 6) is 2.27. The molecule has 0 saturated heterocycles. The Hall–Kier alpha value is -3.25. The first-order valence-electron chi connectivity index (χ1n) is 9.55. The lowest BCUT2D eigenvalue weighted by Gasteiger charge is -2.19. The zero-order valence-corrected chi connectivity index (χ0v) is 19.2. The predicted octanol–water partition coefficient (Wildman–Crippen LogP) is 6.27. The first kappa shape index (κ1) is 21.0. The van der Waals surface area contributed by atoms with E-state index in [1.165, 1.54) is 0 Å². The molecule has 4 rings (SSSR count). The molecule has 4 aromatic carbocycles. The van der Waals surface area contributed by atoms with Gasteiger partial charge in [0.05, 0.1) is 28.4 Å².